The van der Waals surface area contributed by atoms with Crippen LogP contribution in [0.5, 0.6) is 5.75 Å². The van der Waals surface area contributed by atoms with Crippen LogP contribution in [0.25, 0.3) is 0 Å². The van der Waals surface area contributed by atoms with Crippen LogP contribution < -0.4 is 19.1 Å². The van der Waals surface area contributed by atoms with E-state index in [-0.39, 0.29) is 0 Å². The van der Waals surface area contributed by atoms with E-state index in [1.807, 2.05) is 18.2 Å². The SMILES string of the molecule is CNS(=O)(=O)NCCCN1CCN(c2ccccc2OC)CC1. The summed E-state index contributed by atoms with van der Waals surface area (Å²) < 4.78 is 32.7. The van der Waals surface area contributed by atoms with Gasteiger partial charge in [0, 0.05) is 39.8 Å². The number of nitrogens with zero attached hydrogens (tertiary/aromatic N) is 2. The van der Waals surface area contributed by atoms with Gasteiger partial charge in [0.05, 0.1) is 12.8 Å². The van der Waals surface area contributed by atoms with Gasteiger partial charge >= 0.3 is 0 Å². The predicted octanol–water partition coefficient (Wildman–Crippen LogP) is 0.261. The van der Waals surface area contributed by atoms with Crippen LogP contribution in [0, 0.1) is 0 Å². The summed E-state index contributed by atoms with van der Waals surface area (Å²) in [6.07, 6.45) is 0.801. The minimum Gasteiger partial charge on any atom is -0.495 e. The first-order chi connectivity index (χ1) is 11.1. The van der Waals surface area contributed by atoms with Gasteiger partial charge in [-0.25, -0.2) is 9.44 Å². The normalized spacial score (nSPS) is 16.5. The highest BCUT2D eigenvalue weighted by Crippen LogP contribution is 2.28. The van der Waals surface area contributed by atoms with Crippen molar-refractivity contribution in [3.05, 3.63) is 24.3 Å². The number of methoxy groups -OCH3 is 1. The molecule has 1 aliphatic heterocycles. The Morgan fingerprint density at radius 3 is 2.52 bits per heavy atom. The van der Waals surface area contributed by atoms with Gasteiger partial charge in [-0.2, -0.15) is 8.42 Å². The molecule has 1 aliphatic rings. The summed E-state index contributed by atoms with van der Waals surface area (Å²) in [5, 5.41) is 0. The lowest BCUT2D eigenvalue weighted by atomic mass is 10.2. The molecule has 1 aromatic rings. The molecule has 130 valence electrons. The molecule has 0 spiro atoms. The maximum absolute atomic E-state index is 11.3. The molecule has 1 heterocycles. The van der Waals surface area contributed by atoms with Gasteiger partial charge in [0.25, 0.3) is 10.2 Å². The first-order valence-corrected chi connectivity index (χ1v) is 9.32. The Kier molecular flexibility index (Phi) is 6.64. The molecule has 1 saturated heterocycles. The average molecular weight is 342 g/mol. The van der Waals surface area contributed by atoms with Crippen molar-refractivity contribution in [2.24, 2.45) is 0 Å². The molecule has 2 N–H and O–H groups in total. The number of anilines is 1. The zero-order valence-electron chi connectivity index (χ0n) is 13.8. The minimum absolute atomic E-state index is 0.454. The van der Waals surface area contributed by atoms with Gasteiger partial charge in [-0.3, -0.25) is 4.90 Å². The number of ether oxygens (including phenoxy) is 1. The summed E-state index contributed by atoms with van der Waals surface area (Å²) in [7, 11) is -0.218. The van der Waals surface area contributed by atoms with Crippen LogP contribution in [0.3, 0.4) is 0 Å². The van der Waals surface area contributed by atoms with Gasteiger partial charge < -0.3 is 9.64 Å². The van der Waals surface area contributed by atoms with Gasteiger partial charge in [0.15, 0.2) is 0 Å². The predicted molar refractivity (Wildman–Crippen MR) is 92.2 cm³/mol. The lowest BCUT2D eigenvalue weighted by molar-refractivity contribution is 0.254. The third-order valence-electron chi connectivity index (χ3n) is 4.01. The van der Waals surface area contributed by atoms with Crippen molar-refractivity contribution in [3.63, 3.8) is 0 Å². The summed E-state index contributed by atoms with van der Waals surface area (Å²) >= 11 is 0. The van der Waals surface area contributed by atoms with Crippen LogP contribution >= 0.6 is 0 Å². The number of piperazine rings is 1. The highest BCUT2D eigenvalue weighted by molar-refractivity contribution is 7.87. The average Bonchev–Trinajstić information content (AvgIpc) is 2.59. The molecule has 0 unspecified atom stereocenters. The van der Waals surface area contributed by atoms with E-state index < -0.39 is 10.2 Å². The van der Waals surface area contributed by atoms with Crippen molar-refractivity contribution in [3.8, 4) is 5.75 Å². The summed E-state index contributed by atoms with van der Waals surface area (Å²) in [6, 6.07) is 8.07. The van der Waals surface area contributed by atoms with Crippen LogP contribution in [-0.4, -0.2) is 66.7 Å². The first-order valence-electron chi connectivity index (χ1n) is 7.84. The Balaban J connectivity index is 1.74. The van der Waals surface area contributed by atoms with Crippen LogP contribution in [0.1, 0.15) is 6.42 Å². The lowest BCUT2D eigenvalue weighted by Crippen LogP contribution is -2.47. The van der Waals surface area contributed by atoms with Crippen molar-refractivity contribution >= 4 is 15.9 Å². The Morgan fingerprint density at radius 2 is 1.87 bits per heavy atom. The Labute approximate surface area is 138 Å². The molecular weight excluding hydrogens is 316 g/mol. The number of benzene rings is 1. The van der Waals surface area contributed by atoms with E-state index >= 15 is 0 Å². The summed E-state index contributed by atoms with van der Waals surface area (Å²) in [5.74, 6) is 0.905. The lowest BCUT2D eigenvalue weighted by Gasteiger charge is -2.36. The number of nitrogens with one attached hydrogen (secondary N) is 2. The van der Waals surface area contributed by atoms with Crippen molar-refractivity contribution in [2.45, 2.75) is 6.42 Å². The van der Waals surface area contributed by atoms with Gasteiger partial charge in [0.1, 0.15) is 5.75 Å². The number of hydrogen-bond donors (Lipinski definition) is 2. The number of para-hydroxylation sites is 2. The molecule has 0 aliphatic carbocycles. The van der Waals surface area contributed by atoms with E-state index in [0.29, 0.717) is 6.54 Å². The smallest absolute Gasteiger partial charge is 0.276 e. The fourth-order valence-corrected chi connectivity index (χ4v) is 3.24. The molecule has 2 rings (SSSR count). The molecule has 0 saturated carbocycles. The zero-order chi connectivity index (χ0) is 16.7. The van der Waals surface area contributed by atoms with Gasteiger partial charge in [-0.15, -0.1) is 0 Å². The van der Waals surface area contributed by atoms with Crippen LogP contribution in [-0.2, 0) is 10.2 Å². The Morgan fingerprint density at radius 1 is 1.17 bits per heavy atom. The molecular formula is C15H26N4O3S. The quantitative estimate of drug-likeness (QED) is 0.663. The summed E-state index contributed by atoms with van der Waals surface area (Å²) in [4.78, 5) is 4.69. The van der Waals surface area contributed by atoms with Crippen LogP contribution in [0.4, 0.5) is 5.69 Å². The van der Waals surface area contributed by atoms with E-state index in [1.54, 1.807) is 7.11 Å². The highest BCUT2D eigenvalue weighted by Gasteiger charge is 2.19. The standard InChI is InChI=1S/C15H26N4O3S/c1-16-23(20,21)17-8-5-9-18-10-12-19(13-11-18)14-6-3-4-7-15(14)22-2/h3-4,6-7,16-17H,5,8-13H2,1-2H3. The van der Waals surface area contributed by atoms with Gasteiger partial charge in [-0.05, 0) is 25.1 Å². The second-order valence-electron chi connectivity index (χ2n) is 5.46. The second kappa shape index (κ2) is 8.49. The second-order valence-corrected chi connectivity index (χ2v) is 7.16. The fraction of sp³-hybridized carbons (Fsp3) is 0.600. The number of rotatable bonds is 8. The van der Waals surface area contributed by atoms with E-state index in [1.165, 1.54) is 7.05 Å². The molecule has 1 aromatic carbocycles. The molecule has 23 heavy (non-hydrogen) atoms. The number of hydrogen-bond acceptors (Lipinski definition) is 5. The van der Waals surface area contributed by atoms with Crippen molar-refractivity contribution in [1.29, 1.82) is 0 Å². The third-order valence-corrected chi connectivity index (χ3v) is 5.13. The molecule has 0 radical (unpaired) electrons. The molecule has 0 atom stereocenters. The third kappa shape index (κ3) is 5.35. The van der Waals surface area contributed by atoms with Crippen molar-refractivity contribution in [2.75, 3.05) is 58.3 Å². The molecule has 1 fully saturated rings. The molecule has 0 aromatic heterocycles. The first kappa shape index (κ1) is 18.0. The Bertz CT molecular complexity index is 586. The minimum atomic E-state index is -3.32. The molecule has 8 heteroatoms. The van der Waals surface area contributed by atoms with E-state index in [0.717, 1.165) is 50.6 Å². The van der Waals surface area contributed by atoms with Crippen molar-refractivity contribution in [1.82, 2.24) is 14.3 Å². The van der Waals surface area contributed by atoms with E-state index in [2.05, 4.69) is 25.3 Å². The Hall–Kier alpha value is -1.35. The van der Waals surface area contributed by atoms with Crippen LogP contribution in [0.2, 0.25) is 0 Å². The van der Waals surface area contributed by atoms with Gasteiger partial charge in [0.2, 0.25) is 0 Å². The van der Waals surface area contributed by atoms with E-state index in [4.69, 9.17) is 4.74 Å². The highest BCUT2D eigenvalue weighted by atomic mass is 32.2. The maximum atomic E-state index is 11.3. The molecule has 7 nitrogen and oxygen atoms in total. The fourth-order valence-electron chi connectivity index (χ4n) is 2.68. The largest absolute Gasteiger partial charge is 0.495 e. The van der Waals surface area contributed by atoms with Gasteiger partial charge in [-0.1, -0.05) is 12.1 Å². The summed E-state index contributed by atoms with van der Waals surface area (Å²) in [6.45, 7) is 5.18. The van der Waals surface area contributed by atoms with Crippen LogP contribution in [0.15, 0.2) is 24.3 Å². The zero-order valence-corrected chi connectivity index (χ0v) is 14.6. The topological polar surface area (TPSA) is 73.9 Å². The molecule has 0 bridgehead atoms. The summed E-state index contributed by atoms with van der Waals surface area (Å²) in [5.41, 5.74) is 1.14. The molecule has 0 amide bonds. The maximum Gasteiger partial charge on any atom is 0.276 e. The van der Waals surface area contributed by atoms with Crippen molar-refractivity contribution < 1.29 is 13.2 Å². The monoisotopic (exact) mass is 342 g/mol. The van der Waals surface area contributed by atoms with E-state index in [9.17, 15) is 8.42 Å².